The zero-order valence-electron chi connectivity index (χ0n) is 9.86. The normalized spacial score (nSPS) is 10.4. The number of unbranched alkanes of at least 4 members (excludes halogenated alkanes) is 3. The number of rotatable bonds is 6. The van der Waals surface area contributed by atoms with E-state index < -0.39 is 5.97 Å². The highest BCUT2D eigenvalue weighted by molar-refractivity contribution is 5.88. The van der Waals surface area contributed by atoms with Crippen molar-refractivity contribution in [3.8, 4) is 0 Å². The van der Waals surface area contributed by atoms with Gasteiger partial charge in [0.2, 0.25) is 0 Å². The van der Waals surface area contributed by atoms with Crippen LogP contribution in [0, 0.1) is 6.92 Å². The van der Waals surface area contributed by atoms with Crippen LogP contribution in [0.15, 0.2) is 6.20 Å². The SMILES string of the molecule is CCCCCCc1ncc(C(=O)O)c(C)n1. The van der Waals surface area contributed by atoms with E-state index in [-0.39, 0.29) is 5.56 Å². The van der Waals surface area contributed by atoms with Gasteiger partial charge in [-0.3, -0.25) is 0 Å². The van der Waals surface area contributed by atoms with E-state index in [1.54, 1.807) is 6.92 Å². The Morgan fingerprint density at radius 3 is 2.69 bits per heavy atom. The van der Waals surface area contributed by atoms with Gasteiger partial charge >= 0.3 is 5.97 Å². The van der Waals surface area contributed by atoms with E-state index in [1.807, 2.05) is 0 Å². The molecule has 0 fully saturated rings. The van der Waals surface area contributed by atoms with E-state index in [1.165, 1.54) is 25.5 Å². The summed E-state index contributed by atoms with van der Waals surface area (Å²) >= 11 is 0. The van der Waals surface area contributed by atoms with Crippen LogP contribution in [-0.4, -0.2) is 21.0 Å². The maximum absolute atomic E-state index is 10.8. The van der Waals surface area contributed by atoms with Crippen LogP contribution in [0.2, 0.25) is 0 Å². The van der Waals surface area contributed by atoms with Crippen LogP contribution in [0.25, 0.3) is 0 Å². The van der Waals surface area contributed by atoms with Crippen molar-refractivity contribution in [3.05, 3.63) is 23.3 Å². The summed E-state index contributed by atoms with van der Waals surface area (Å²) in [5, 5.41) is 8.82. The van der Waals surface area contributed by atoms with Crippen molar-refractivity contribution < 1.29 is 9.90 Å². The summed E-state index contributed by atoms with van der Waals surface area (Å²) in [6.07, 6.45) is 6.92. The third kappa shape index (κ3) is 3.61. The van der Waals surface area contributed by atoms with Crippen molar-refractivity contribution in [1.29, 1.82) is 0 Å². The third-order valence-corrected chi connectivity index (χ3v) is 2.51. The number of aryl methyl sites for hydroxylation is 2. The molecule has 0 saturated carbocycles. The second kappa shape index (κ2) is 6.20. The van der Waals surface area contributed by atoms with Gasteiger partial charge in [-0.2, -0.15) is 0 Å². The predicted molar refractivity (Wildman–Crippen MR) is 61.6 cm³/mol. The van der Waals surface area contributed by atoms with Crippen LogP contribution in [0.4, 0.5) is 0 Å². The number of carboxylic acid groups (broad SMARTS) is 1. The second-order valence-corrected chi connectivity index (χ2v) is 3.90. The summed E-state index contributed by atoms with van der Waals surface area (Å²) in [6.45, 7) is 3.88. The van der Waals surface area contributed by atoms with E-state index in [0.29, 0.717) is 5.69 Å². The van der Waals surface area contributed by atoms with Gasteiger partial charge in [0.25, 0.3) is 0 Å². The van der Waals surface area contributed by atoms with Gasteiger partial charge in [0.1, 0.15) is 5.82 Å². The van der Waals surface area contributed by atoms with E-state index >= 15 is 0 Å². The topological polar surface area (TPSA) is 63.1 Å². The lowest BCUT2D eigenvalue weighted by atomic mass is 10.1. The maximum atomic E-state index is 10.8. The quantitative estimate of drug-likeness (QED) is 0.751. The molecule has 0 aliphatic carbocycles. The van der Waals surface area contributed by atoms with Crippen LogP contribution in [-0.2, 0) is 6.42 Å². The molecule has 4 nitrogen and oxygen atoms in total. The van der Waals surface area contributed by atoms with Gasteiger partial charge in [0.05, 0.1) is 11.3 Å². The van der Waals surface area contributed by atoms with Crippen molar-refractivity contribution in [2.45, 2.75) is 46.0 Å². The smallest absolute Gasteiger partial charge is 0.339 e. The molecular weight excluding hydrogens is 204 g/mol. The Morgan fingerprint density at radius 1 is 1.38 bits per heavy atom. The number of hydrogen-bond acceptors (Lipinski definition) is 3. The molecular formula is C12H18N2O2. The molecule has 0 saturated heterocycles. The zero-order valence-corrected chi connectivity index (χ0v) is 9.86. The highest BCUT2D eigenvalue weighted by Gasteiger charge is 2.09. The van der Waals surface area contributed by atoms with Crippen LogP contribution in [0.3, 0.4) is 0 Å². The molecule has 1 aromatic heterocycles. The van der Waals surface area contributed by atoms with Crippen LogP contribution < -0.4 is 0 Å². The lowest BCUT2D eigenvalue weighted by Gasteiger charge is -2.03. The largest absolute Gasteiger partial charge is 0.478 e. The highest BCUT2D eigenvalue weighted by Crippen LogP contribution is 2.07. The van der Waals surface area contributed by atoms with Gasteiger partial charge in [0.15, 0.2) is 0 Å². The van der Waals surface area contributed by atoms with Gasteiger partial charge in [0, 0.05) is 12.6 Å². The molecule has 0 radical (unpaired) electrons. The van der Waals surface area contributed by atoms with Crippen LogP contribution in [0.1, 0.15) is 54.5 Å². The Bertz CT molecular complexity index is 364. The van der Waals surface area contributed by atoms with E-state index in [4.69, 9.17) is 5.11 Å². The lowest BCUT2D eigenvalue weighted by Crippen LogP contribution is -2.06. The average molecular weight is 222 g/mol. The monoisotopic (exact) mass is 222 g/mol. The standard InChI is InChI=1S/C12H18N2O2/c1-3-4-5-6-7-11-13-8-10(12(15)16)9(2)14-11/h8H,3-7H2,1-2H3,(H,15,16). The Kier molecular flexibility index (Phi) is 4.89. The second-order valence-electron chi connectivity index (χ2n) is 3.90. The fourth-order valence-corrected chi connectivity index (χ4v) is 1.56. The van der Waals surface area contributed by atoms with E-state index in [9.17, 15) is 4.79 Å². The van der Waals surface area contributed by atoms with Gasteiger partial charge in [-0.05, 0) is 13.3 Å². The molecule has 0 aliphatic heterocycles. The Hall–Kier alpha value is -1.45. The van der Waals surface area contributed by atoms with Crippen LogP contribution >= 0.6 is 0 Å². The number of carboxylic acids is 1. The van der Waals surface area contributed by atoms with Crippen molar-refractivity contribution in [2.24, 2.45) is 0 Å². The Balaban J connectivity index is 2.56. The minimum Gasteiger partial charge on any atom is -0.478 e. The van der Waals surface area contributed by atoms with Crippen molar-refractivity contribution in [1.82, 2.24) is 9.97 Å². The number of aromatic carboxylic acids is 1. The number of hydrogen-bond donors (Lipinski definition) is 1. The molecule has 0 unspecified atom stereocenters. The molecule has 1 heterocycles. The molecule has 0 aliphatic rings. The maximum Gasteiger partial charge on any atom is 0.339 e. The number of carbonyl (C=O) groups is 1. The molecule has 88 valence electrons. The summed E-state index contributed by atoms with van der Waals surface area (Å²) in [6, 6.07) is 0. The van der Waals surface area contributed by atoms with Crippen molar-refractivity contribution in [3.63, 3.8) is 0 Å². The molecule has 4 heteroatoms. The van der Waals surface area contributed by atoms with E-state index in [2.05, 4.69) is 16.9 Å². The molecule has 0 spiro atoms. The highest BCUT2D eigenvalue weighted by atomic mass is 16.4. The first-order valence-electron chi connectivity index (χ1n) is 5.71. The first-order valence-corrected chi connectivity index (χ1v) is 5.71. The fraction of sp³-hybridized carbons (Fsp3) is 0.583. The first-order chi connectivity index (χ1) is 7.65. The van der Waals surface area contributed by atoms with E-state index in [0.717, 1.165) is 18.7 Å². The summed E-state index contributed by atoms with van der Waals surface area (Å²) < 4.78 is 0. The Labute approximate surface area is 95.7 Å². The summed E-state index contributed by atoms with van der Waals surface area (Å²) in [5.41, 5.74) is 0.741. The first kappa shape index (κ1) is 12.6. The van der Waals surface area contributed by atoms with Crippen molar-refractivity contribution in [2.75, 3.05) is 0 Å². The molecule has 16 heavy (non-hydrogen) atoms. The summed E-state index contributed by atoms with van der Waals surface area (Å²) in [4.78, 5) is 19.0. The van der Waals surface area contributed by atoms with Crippen molar-refractivity contribution >= 4 is 5.97 Å². The molecule has 1 N–H and O–H groups in total. The minimum absolute atomic E-state index is 0.192. The summed E-state index contributed by atoms with van der Waals surface area (Å²) in [7, 11) is 0. The fourth-order valence-electron chi connectivity index (χ4n) is 1.56. The molecule has 0 atom stereocenters. The van der Waals surface area contributed by atoms with Gasteiger partial charge in [-0.15, -0.1) is 0 Å². The lowest BCUT2D eigenvalue weighted by molar-refractivity contribution is 0.0695. The van der Waals surface area contributed by atoms with Gasteiger partial charge < -0.3 is 5.11 Å². The molecule has 0 amide bonds. The minimum atomic E-state index is -0.963. The molecule has 1 aromatic rings. The molecule has 0 aromatic carbocycles. The van der Waals surface area contributed by atoms with Crippen LogP contribution in [0.5, 0.6) is 0 Å². The average Bonchev–Trinajstić information content (AvgIpc) is 2.24. The van der Waals surface area contributed by atoms with Gasteiger partial charge in [-0.1, -0.05) is 26.2 Å². The number of nitrogens with zero attached hydrogens (tertiary/aromatic N) is 2. The third-order valence-electron chi connectivity index (χ3n) is 2.51. The van der Waals surface area contributed by atoms with Gasteiger partial charge in [-0.25, -0.2) is 14.8 Å². The molecule has 1 rings (SSSR count). The zero-order chi connectivity index (χ0) is 12.0. The number of aromatic nitrogens is 2. The molecule has 0 bridgehead atoms. The summed E-state index contributed by atoms with van der Waals surface area (Å²) in [5.74, 6) is -0.214. The predicted octanol–water partition coefficient (Wildman–Crippen LogP) is 2.61. The Morgan fingerprint density at radius 2 is 2.12 bits per heavy atom.